The monoisotopic (exact) mass is 344 g/mol. The van der Waals surface area contributed by atoms with Crippen LogP contribution in [0.2, 0.25) is 0 Å². The van der Waals surface area contributed by atoms with Crippen LogP contribution in [0.5, 0.6) is 11.5 Å². The molecular formula is C19H20O6. The Kier molecular flexibility index (Phi) is 5.53. The first-order valence-corrected chi connectivity index (χ1v) is 8.00. The molecular weight excluding hydrogens is 324 g/mol. The van der Waals surface area contributed by atoms with Gasteiger partial charge in [-0.25, -0.2) is 0 Å². The zero-order valence-electron chi connectivity index (χ0n) is 13.9. The molecule has 0 unspecified atom stereocenters. The molecule has 0 aliphatic carbocycles. The van der Waals surface area contributed by atoms with Crippen molar-refractivity contribution in [3.05, 3.63) is 59.2 Å². The number of ether oxygens (including phenoxy) is 4. The van der Waals surface area contributed by atoms with Crippen molar-refractivity contribution < 1.29 is 28.8 Å². The van der Waals surface area contributed by atoms with Crippen molar-refractivity contribution in [3.8, 4) is 11.5 Å². The predicted molar refractivity (Wildman–Crippen MR) is 89.8 cm³/mol. The second-order valence-corrected chi connectivity index (χ2v) is 5.61. The maximum Gasteiger partial charge on any atom is 0.307 e. The van der Waals surface area contributed by atoms with E-state index in [4.69, 9.17) is 24.1 Å². The first-order chi connectivity index (χ1) is 12.2. The normalized spacial score (nSPS) is 14.4. The lowest BCUT2D eigenvalue weighted by atomic mass is 10.0. The van der Waals surface area contributed by atoms with E-state index in [9.17, 15) is 4.79 Å². The Morgan fingerprint density at radius 1 is 1.16 bits per heavy atom. The van der Waals surface area contributed by atoms with Crippen molar-refractivity contribution in [1.82, 2.24) is 0 Å². The van der Waals surface area contributed by atoms with Crippen molar-refractivity contribution in [2.75, 3.05) is 20.3 Å². The number of benzene rings is 2. The summed E-state index contributed by atoms with van der Waals surface area (Å²) in [4.78, 5) is 11.2. The number of aliphatic carboxylic acids is 1. The van der Waals surface area contributed by atoms with Crippen LogP contribution < -0.4 is 9.47 Å². The first kappa shape index (κ1) is 17.3. The van der Waals surface area contributed by atoms with Gasteiger partial charge in [0.2, 0.25) is 0 Å². The molecule has 1 saturated heterocycles. The number of rotatable bonds is 7. The van der Waals surface area contributed by atoms with Crippen LogP contribution in [0, 0.1) is 0 Å². The summed E-state index contributed by atoms with van der Waals surface area (Å²) in [5.74, 6) is 0.439. The van der Waals surface area contributed by atoms with Gasteiger partial charge in [0.1, 0.15) is 18.1 Å². The van der Waals surface area contributed by atoms with Crippen LogP contribution in [0.15, 0.2) is 42.5 Å². The lowest BCUT2D eigenvalue weighted by Crippen LogP contribution is -2.10. The number of hydrogen-bond donors (Lipinski definition) is 1. The number of carboxylic acids is 1. The highest BCUT2D eigenvalue weighted by Gasteiger charge is 2.26. The summed E-state index contributed by atoms with van der Waals surface area (Å²) >= 11 is 0. The fourth-order valence-corrected chi connectivity index (χ4v) is 2.71. The molecule has 0 radical (unpaired) electrons. The van der Waals surface area contributed by atoms with Gasteiger partial charge in [-0.3, -0.25) is 4.79 Å². The summed E-state index contributed by atoms with van der Waals surface area (Å²) in [5, 5.41) is 9.15. The highest BCUT2D eigenvalue weighted by atomic mass is 16.7. The van der Waals surface area contributed by atoms with Gasteiger partial charge in [-0.05, 0) is 29.3 Å². The number of hydrogen-bond acceptors (Lipinski definition) is 5. The van der Waals surface area contributed by atoms with Crippen molar-refractivity contribution in [3.63, 3.8) is 0 Å². The molecule has 0 saturated carbocycles. The Morgan fingerprint density at radius 3 is 2.52 bits per heavy atom. The molecule has 1 aliphatic heterocycles. The minimum atomic E-state index is -0.911. The van der Waals surface area contributed by atoms with Gasteiger partial charge in [-0.1, -0.05) is 24.3 Å². The van der Waals surface area contributed by atoms with E-state index in [1.54, 1.807) is 25.3 Å². The van der Waals surface area contributed by atoms with E-state index in [0.717, 1.165) is 11.3 Å². The van der Waals surface area contributed by atoms with E-state index in [2.05, 4.69) is 0 Å². The molecule has 0 aromatic heterocycles. The highest BCUT2D eigenvalue weighted by molar-refractivity contribution is 5.71. The molecule has 1 aliphatic rings. The molecule has 1 N–H and O–H groups in total. The average Bonchev–Trinajstić information content (AvgIpc) is 3.14. The van der Waals surface area contributed by atoms with Gasteiger partial charge in [-0.15, -0.1) is 0 Å². The fraction of sp³-hybridized carbons (Fsp3) is 0.316. The van der Waals surface area contributed by atoms with Gasteiger partial charge < -0.3 is 24.1 Å². The summed E-state index contributed by atoms with van der Waals surface area (Å²) < 4.78 is 22.2. The van der Waals surface area contributed by atoms with E-state index >= 15 is 0 Å². The third-order valence-corrected chi connectivity index (χ3v) is 3.91. The lowest BCUT2D eigenvalue weighted by Gasteiger charge is -2.19. The van der Waals surface area contributed by atoms with Crippen LogP contribution >= 0.6 is 0 Å². The third-order valence-electron chi connectivity index (χ3n) is 3.91. The SMILES string of the molecule is COc1ccc(COc2cccc(CC(=O)O)c2C2OCCO2)cc1. The van der Waals surface area contributed by atoms with Crippen LogP contribution in [-0.2, 0) is 27.3 Å². The summed E-state index contributed by atoms with van der Waals surface area (Å²) in [5.41, 5.74) is 2.26. The highest BCUT2D eigenvalue weighted by Crippen LogP contribution is 2.35. The van der Waals surface area contributed by atoms with E-state index in [1.165, 1.54) is 0 Å². The van der Waals surface area contributed by atoms with Crippen LogP contribution in [0.4, 0.5) is 0 Å². The van der Waals surface area contributed by atoms with Crippen LogP contribution in [0.1, 0.15) is 23.0 Å². The largest absolute Gasteiger partial charge is 0.497 e. The van der Waals surface area contributed by atoms with Gasteiger partial charge in [0.25, 0.3) is 0 Å². The van der Waals surface area contributed by atoms with Crippen molar-refractivity contribution in [1.29, 1.82) is 0 Å². The number of methoxy groups -OCH3 is 1. The topological polar surface area (TPSA) is 74.2 Å². The third kappa shape index (κ3) is 4.29. The molecule has 3 rings (SSSR count). The first-order valence-electron chi connectivity index (χ1n) is 8.00. The minimum Gasteiger partial charge on any atom is -0.497 e. The van der Waals surface area contributed by atoms with Gasteiger partial charge in [-0.2, -0.15) is 0 Å². The van der Waals surface area contributed by atoms with Gasteiger partial charge in [0, 0.05) is 0 Å². The van der Waals surface area contributed by atoms with Gasteiger partial charge >= 0.3 is 5.97 Å². The minimum absolute atomic E-state index is 0.113. The maximum absolute atomic E-state index is 11.2. The Morgan fingerprint density at radius 2 is 1.88 bits per heavy atom. The summed E-state index contributed by atoms with van der Waals surface area (Å²) in [6.45, 7) is 1.30. The molecule has 1 heterocycles. The number of carbonyl (C=O) groups is 1. The molecule has 6 heteroatoms. The molecule has 0 amide bonds. The second-order valence-electron chi connectivity index (χ2n) is 5.61. The summed E-state index contributed by atoms with van der Waals surface area (Å²) in [6, 6.07) is 12.9. The van der Waals surface area contributed by atoms with Crippen LogP contribution in [0.25, 0.3) is 0 Å². The van der Waals surface area contributed by atoms with Crippen molar-refractivity contribution >= 4 is 5.97 Å². The number of carboxylic acid groups (broad SMARTS) is 1. The van der Waals surface area contributed by atoms with E-state index < -0.39 is 12.3 Å². The Hall–Kier alpha value is -2.57. The molecule has 0 bridgehead atoms. The van der Waals surface area contributed by atoms with Crippen LogP contribution in [0.3, 0.4) is 0 Å². The van der Waals surface area contributed by atoms with Crippen molar-refractivity contribution in [2.24, 2.45) is 0 Å². The maximum atomic E-state index is 11.2. The van der Waals surface area contributed by atoms with E-state index in [1.807, 2.05) is 24.3 Å². The smallest absolute Gasteiger partial charge is 0.307 e. The van der Waals surface area contributed by atoms with Gasteiger partial charge in [0.15, 0.2) is 6.29 Å². The van der Waals surface area contributed by atoms with E-state index in [0.29, 0.717) is 36.7 Å². The molecule has 2 aromatic carbocycles. The zero-order valence-corrected chi connectivity index (χ0v) is 13.9. The molecule has 25 heavy (non-hydrogen) atoms. The summed E-state index contributed by atoms with van der Waals surface area (Å²) in [7, 11) is 1.62. The fourth-order valence-electron chi connectivity index (χ4n) is 2.71. The standard InChI is InChI=1S/C19H20O6/c1-22-15-7-5-13(6-8-15)12-25-16-4-2-3-14(11-17(20)21)18(16)19-23-9-10-24-19/h2-8,19H,9-12H2,1H3,(H,20,21). The lowest BCUT2D eigenvalue weighted by molar-refractivity contribution is -0.136. The second kappa shape index (κ2) is 8.00. The zero-order chi connectivity index (χ0) is 17.6. The van der Waals surface area contributed by atoms with Gasteiger partial charge in [0.05, 0.1) is 32.3 Å². The molecule has 0 atom stereocenters. The Bertz CT molecular complexity index is 719. The molecule has 2 aromatic rings. The summed E-state index contributed by atoms with van der Waals surface area (Å²) in [6.07, 6.45) is -0.709. The average molecular weight is 344 g/mol. The molecule has 6 nitrogen and oxygen atoms in total. The van der Waals surface area contributed by atoms with Crippen LogP contribution in [-0.4, -0.2) is 31.4 Å². The molecule has 0 spiro atoms. The molecule has 1 fully saturated rings. The quantitative estimate of drug-likeness (QED) is 0.832. The van der Waals surface area contributed by atoms with Crippen molar-refractivity contribution in [2.45, 2.75) is 19.3 Å². The molecule has 132 valence electrons. The van der Waals surface area contributed by atoms with E-state index in [-0.39, 0.29) is 6.42 Å². The Labute approximate surface area is 145 Å². The Balaban J connectivity index is 1.82. The predicted octanol–water partition coefficient (Wildman–Crippen LogP) is 2.95.